The topological polar surface area (TPSA) is 155 Å². The number of nitrogens with zero attached hydrogens (tertiary/aromatic N) is 3. The van der Waals surface area contributed by atoms with Crippen LogP contribution in [0, 0.1) is 0 Å². The maximum atomic E-state index is 11.4. The van der Waals surface area contributed by atoms with Crippen LogP contribution in [0.25, 0.3) is 0 Å². The highest BCUT2D eigenvalue weighted by Gasteiger charge is 2.35. The molecule has 9 nitrogen and oxygen atoms in total. The molecule has 0 saturated carbocycles. The largest absolute Gasteiger partial charge is 0.412 e. The van der Waals surface area contributed by atoms with Crippen molar-refractivity contribution in [2.24, 2.45) is 0 Å². The predicted octanol–water partition coefficient (Wildman–Crippen LogP) is -2.96. The van der Waals surface area contributed by atoms with Gasteiger partial charge in [-0.25, -0.2) is 9.78 Å². The van der Waals surface area contributed by atoms with Gasteiger partial charge in [0.25, 0.3) is 0 Å². The highest BCUT2D eigenvalue weighted by molar-refractivity contribution is 5.09. The molecule has 0 bridgehead atoms. The number of aromatic nitrogens is 3. The number of aliphatic hydroxyl groups excluding tert-OH is 2. The average molecular weight is 246 g/mol. The third-order valence-electron chi connectivity index (χ3n) is 2.44. The summed E-state index contributed by atoms with van der Waals surface area (Å²) in [5.41, 5.74) is 4.65. The highest BCUT2D eigenvalue weighted by Crippen LogP contribution is 2.26. The van der Waals surface area contributed by atoms with Gasteiger partial charge in [-0.3, -0.25) is 4.57 Å². The van der Waals surface area contributed by atoms with E-state index in [9.17, 15) is 9.90 Å². The van der Waals surface area contributed by atoms with E-state index >= 15 is 0 Å². The molecule has 2 rings (SSSR count). The summed E-state index contributed by atoms with van der Waals surface area (Å²) in [4.78, 5) is 18.5. The van der Waals surface area contributed by atoms with Gasteiger partial charge in [0.2, 0.25) is 5.95 Å². The number of rotatable bonds is 2. The Labute approximate surface area is 95.8 Å². The molecule has 96 valence electrons. The Hall–Kier alpha value is -1.55. The van der Waals surface area contributed by atoms with Crippen LogP contribution in [-0.4, -0.2) is 49.0 Å². The van der Waals surface area contributed by atoms with Crippen molar-refractivity contribution in [2.75, 3.05) is 12.3 Å². The van der Waals surface area contributed by atoms with Crippen molar-refractivity contribution in [3.05, 3.63) is 16.8 Å². The Morgan fingerprint density at radius 2 is 2.35 bits per heavy atom. The molecule has 1 saturated heterocycles. The molecule has 1 aliphatic heterocycles. The van der Waals surface area contributed by atoms with Gasteiger partial charge in [-0.2, -0.15) is 4.98 Å². The van der Waals surface area contributed by atoms with Crippen molar-refractivity contribution in [2.45, 2.75) is 24.9 Å². The molecule has 0 aliphatic carbocycles. The van der Waals surface area contributed by atoms with Crippen LogP contribution < -0.4 is 11.4 Å². The fourth-order valence-electron chi connectivity index (χ4n) is 1.60. The molecule has 0 radical (unpaired) electrons. The molecule has 1 aromatic heterocycles. The number of hydrogen-bond donors (Lipinski definition) is 3. The summed E-state index contributed by atoms with van der Waals surface area (Å²) < 4.78 is 6.41. The van der Waals surface area contributed by atoms with Crippen LogP contribution in [0.1, 0.15) is 12.6 Å². The second-order valence-electron chi connectivity index (χ2n) is 3.52. The van der Waals surface area contributed by atoms with Crippen LogP contribution in [0.4, 0.5) is 5.95 Å². The van der Waals surface area contributed by atoms with Crippen molar-refractivity contribution < 1.29 is 20.4 Å². The Morgan fingerprint density at radius 3 is 2.88 bits per heavy atom. The fourth-order valence-corrected chi connectivity index (χ4v) is 1.60. The van der Waals surface area contributed by atoms with Gasteiger partial charge in [0.15, 0.2) is 0 Å². The van der Waals surface area contributed by atoms with E-state index in [0.717, 1.165) is 4.57 Å². The summed E-state index contributed by atoms with van der Waals surface area (Å²) in [6, 6.07) is 0. The van der Waals surface area contributed by atoms with E-state index in [1.165, 1.54) is 6.33 Å². The first-order valence-corrected chi connectivity index (χ1v) is 4.77. The van der Waals surface area contributed by atoms with Crippen molar-refractivity contribution in [1.82, 2.24) is 14.5 Å². The summed E-state index contributed by atoms with van der Waals surface area (Å²) >= 11 is 0. The molecule has 1 aromatic rings. The first-order chi connectivity index (χ1) is 7.61. The van der Waals surface area contributed by atoms with Crippen LogP contribution in [0.5, 0.6) is 0 Å². The number of anilines is 1. The molecule has 1 unspecified atom stereocenters. The second kappa shape index (κ2) is 5.19. The molecular weight excluding hydrogens is 232 g/mol. The highest BCUT2D eigenvalue weighted by atomic mass is 16.5. The van der Waals surface area contributed by atoms with Gasteiger partial charge in [0, 0.05) is 6.42 Å². The molecule has 2 heterocycles. The summed E-state index contributed by atoms with van der Waals surface area (Å²) in [5.74, 6) is -0.112. The first kappa shape index (κ1) is 13.5. The van der Waals surface area contributed by atoms with Crippen molar-refractivity contribution in [3.63, 3.8) is 0 Å². The first-order valence-electron chi connectivity index (χ1n) is 4.77. The number of nitrogens with two attached hydrogens (primary N) is 1. The van der Waals surface area contributed by atoms with Crippen LogP contribution in [-0.2, 0) is 4.74 Å². The van der Waals surface area contributed by atoms with Crippen molar-refractivity contribution >= 4 is 5.95 Å². The lowest BCUT2D eigenvalue weighted by molar-refractivity contribution is -0.0462. The lowest BCUT2D eigenvalue weighted by Crippen LogP contribution is -2.28. The average Bonchev–Trinajstić information content (AvgIpc) is 2.59. The number of nitrogen functional groups attached to an aromatic ring is 1. The second-order valence-corrected chi connectivity index (χ2v) is 3.52. The molecule has 9 heteroatoms. The molecule has 0 aromatic carbocycles. The Balaban J connectivity index is 0.00000144. The lowest BCUT2D eigenvalue weighted by atomic mass is 10.2. The Kier molecular flexibility index (Phi) is 4.12. The van der Waals surface area contributed by atoms with E-state index < -0.39 is 24.1 Å². The van der Waals surface area contributed by atoms with Crippen LogP contribution in [0.15, 0.2) is 11.1 Å². The van der Waals surface area contributed by atoms with Gasteiger partial charge in [-0.1, -0.05) is 0 Å². The third-order valence-corrected chi connectivity index (χ3v) is 2.44. The standard InChI is InChI=1S/C8H12N4O4.H2O/c9-7-10-3-12(8(15)11-7)6-1-4(14)5(2-13)16-6;/h3-6,13-14H,1-2H2,(H2,9,11,15);1H2/t4-,5?,6+;/m0./s1. The van der Waals surface area contributed by atoms with Gasteiger partial charge in [0.05, 0.1) is 12.7 Å². The van der Waals surface area contributed by atoms with Gasteiger partial charge in [-0.15, -0.1) is 0 Å². The molecule has 3 atom stereocenters. The van der Waals surface area contributed by atoms with Gasteiger partial charge in [-0.05, 0) is 0 Å². The summed E-state index contributed by atoms with van der Waals surface area (Å²) in [7, 11) is 0. The number of ether oxygens (including phenoxy) is 1. The quantitative estimate of drug-likeness (QED) is 0.503. The molecule has 0 spiro atoms. The Morgan fingerprint density at radius 1 is 1.65 bits per heavy atom. The minimum Gasteiger partial charge on any atom is -0.412 e. The van der Waals surface area contributed by atoms with E-state index in [1.54, 1.807) is 0 Å². The fraction of sp³-hybridized carbons (Fsp3) is 0.625. The number of hydrogen-bond acceptors (Lipinski definition) is 7. The van der Waals surface area contributed by atoms with Crippen LogP contribution >= 0.6 is 0 Å². The zero-order valence-electron chi connectivity index (χ0n) is 8.85. The van der Waals surface area contributed by atoms with E-state index in [0.29, 0.717) is 0 Å². The molecule has 1 aliphatic rings. The van der Waals surface area contributed by atoms with Crippen LogP contribution in [0.2, 0.25) is 0 Å². The lowest BCUT2D eigenvalue weighted by Gasteiger charge is -2.13. The normalized spacial score (nSPS) is 27.8. The van der Waals surface area contributed by atoms with Crippen molar-refractivity contribution in [1.29, 1.82) is 0 Å². The van der Waals surface area contributed by atoms with Gasteiger partial charge >= 0.3 is 5.69 Å². The summed E-state index contributed by atoms with van der Waals surface area (Å²) in [6.07, 6.45) is -0.741. The summed E-state index contributed by atoms with van der Waals surface area (Å²) in [5, 5.41) is 18.4. The van der Waals surface area contributed by atoms with Crippen molar-refractivity contribution in [3.8, 4) is 0 Å². The molecular formula is C8H14N4O5. The monoisotopic (exact) mass is 246 g/mol. The zero-order valence-corrected chi connectivity index (χ0v) is 8.85. The van der Waals surface area contributed by atoms with Crippen LogP contribution in [0.3, 0.4) is 0 Å². The molecule has 6 N–H and O–H groups in total. The van der Waals surface area contributed by atoms with E-state index in [4.69, 9.17) is 15.6 Å². The molecule has 1 fully saturated rings. The summed E-state index contributed by atoms with van der Waals surface area (Å²) in [6.45, 7) is -0.303. The maximum Gasteiger partial charge on any atom is 0.354 e. The van der Waals surface area contributed by atoms with Gasteiger partial charge in [0.1, 0.15) is 18.7 Å². The van der Waals surface area contributed by atoms with E-state index in [-0.39, 0.29) is 24.5 Å². The SMILES string of the molecule is Nc1ncn([C@H]2C[C@H](O)C(CO)O2)c(=O)n1.O. The minimum absolute atomic E-state index is 0. The van der Waals surface area contributed by atoms with E-state index in [1.807, 2.05) is 0 Å². The van der Waals surface area contributed by atoms with E-state index in [2.05, 4.69) is 9.97 Å². The Bertz CT molecular complexity index is 436. The maximum absolute atomic E-state index is 11.4. The molecule has 0 amide bonds. The smallest absolute Gasteiger partial charge is 0.354 e. The zero-order chi connectivity index (χ0) is 11.7. The predicted molar refractivity (Wildman–Crippen MR) is 55.9 cm³/mol. The number of aliphatic hydroxyl groups is 2. The minimum atomic E-state index is -0.806. The molecule has 17 heavy (non-hydrogen) atoms. The van der Waals surface area contributed by atoms with Gasteiger partial charge < -0.3 is 26.2 Å². The third kappa shape index (κ3) is 2.58.